The van der Waals surface area contributed by atoms with Gasteiger partial charge in [-0.05, 0) is 108 Å². The number of allylic oxidation sites excluding steroid dienone is 2. The van der Waals surface area contributed by atoms with Gasteiger partial charge in [-0.15, -0.1) is 11.3 Å². The molecule has 3 aliphatic carbocycles. The Labute approximate surface area is 215 Å². The molecule has 5 nitrogen and oxygen atoms in total. The van der Waals surface area contributed by atoms with Gasteiger partial charge >= 0.3 is 5.97 Å². The van der Waals surface area contributed by atoms with Crippen LogP contribution in [0.2, 0.25) is 0 Å². The first-order valence-corrected chi connectivity index (χ1v) is 14.8. The molecule has 1 amide bonds. The average Bonchev–Trinajstić information content (AvgIpc) is 3.32. The lowest BCUT2D eigenvalue weighted by Crippen LogP contribution is -2.47. The molecular weight excluding hydrogens is 458 g/mol. The van der Waals surface area contributed by atoms with Gasteiger partial charge in [-0.1, -0.05) is 13.0 Å². The third kappa shape index (κ3) is 6.37. The molecule has 0 unspecified atom stereocenters. The molecule has 0 N–H and O–H groups in total. The van der Waals surface area contributed by atoms with E-state index in [4.69, 9.17) is 9.47 Å². The molecule has 4 rings (SSSR count). The van der Waals surface area contributed by atoms with Gasteiger partial charge in [-0.25, -0.2) is 4.79 Å². The third-order valence-corrected chi connectivity index (χ3v) is 9.23. The SMILES string of the molecule is CCOC(=O)c1sc(C2=CCCCC2)cc1N(C(=O)C1CCC(C)CC1)C1CCC(OCC)CC1. The second-order valence-corrected chi connectivity index (χ2v) is 11.6. The van der Waals surface area contributed by atoms with Crippen molar-refractivity contribution in [3.8, 4) is 0 Å². The Hall–Kier alpha value is -1.66. The highest BCUT2D eigenvalue weighted by atomic mass is 32.1. The summed E-state index contributed by atoms with van der Waals surface area (Å²) in [5.74, 6) is 0.649. The van der Waals surface area contributed by atoms with Crippen molar-refractivity contribution in [3.63, 3.8) is 0 Å². The molecule has 0 saturated heterocycles. The van der Waals surface area contributed by atoms with Crippen LogP contribution in [-0.4, -0.2) is 37.2 Å². The minimum absolute atomic E-state index is 0.0445. The fraction of sp³-hybridized carbons (Fsp3) is 0.724. The van der Waals surface area contributed by atoms with Gasteiger partial charge in [0.1, 0.15) is 4.88 Å². The molecule has 3 aliphatic rings. The van der Waals surface area contributed by atoms with E-state index in [9.17, 15) is 9.59 Å². The van der Waals surface area contributed by atoms with E-state index in [1.807, 2.05) is 18.7 Å². The van der Waals surface area contributed by atoms with E-state index < -0.39 is 0 Å². The Morgan fingerprint density at radius 3 is 2.37 bits per heavy atom. The monoisotopic (exact) mass is 501 g/mol. The van der Waals surface area contributed by atoms with Crippen molar-refractivity contribution < 1.29 is 19.1 Å². The highest BCUT2D eigenvalue weighted by Crippen LogP contribution is 2.42. The lowest BCUT2D eigenvalue weighted by atomic mass is 9.81. The quantitative estimate of drug-likeness (QED) is 0.349. The lowest BCUT2D eigenvalue weighted by molar-refractivity contribution is -0.124. The largest absolute Gasteiger partial charge is 0.462 e. The molecule has 0 aliphatic heterocycles. The standard InChI is InChI=1S/C29H43NO4S/c1-4-33-24-17-15-23(16-18-24)30(28(31)22-13-11-20(3)12-14-22)25-19-26(21-9-7-6-8-10-21)35-27(25)29(32)34-5-2/h9,19-20,22-24H,4-8,10-18H2,1-3H3. The molecule has 35 heavy (non-hydrogen) atoms. The summed E-state index contributed by atoms with van der Waals surface area (Å²) in [6.07, 6.45) is 15.0. The molecule has 6 heteroatoms. The number of ether oxygens (including phenoxy) is 2. The fourth-order valence-corrected chi connectivity index (χ4v) is 7.14. The molecule has 1 aromatic heterocycles. The van der Waals surface area contributed by atoms with Crippen LogP contribution in [0.1, 0.15) is 112 Å². The van der Waals surface area contributed by atoms with Gasteiger partial charge in [0.25, 0.3) is 0 Å². The number of carbonyl (C=O) groups excluding carboxylic acids is 2. The summed E-state index contributed by atoms with van der Waals surface area (Å²) in [5.41, 5.74) is 2.11. The van der Waals surface area contributed by atoms with Crippen LogP contribution in [0.15, 0.2) is 12.1 Å². The molecule has 2 saturated carbocycles. The Kier molecular flexibility index (Phi) is 9.46. The van der Waals surface area contributed by atoms with Gasteiger partial charge in [0.2, 0.25) is 5.91 Å². The predicted molar refractivity (Wildman–Crippen MR) is 143 cm³/mol. The first kappa shape index (κ1) is 26.4. The first-order chi connectivity index (χ1) is 17.0. The number of rotatable bonds is 8. The van der Waals surface area contributed by atoms with Gasteiger partial charge in [0, 0.05) is 23.4 Å². The maximum Gasteiger partial charge on any atom is 0.350 e. The topological polar surface area (TPSA) is 55.8 Å². The zero-order valence-corrected chi connectivity index (χ0v) is 22.7. The van der Waals surface area contributed by atoms with Gasteiger partial charge in [-0.2, -0.15) is 0 Å². The molecule has 1 aromatic rings. The van der Waals surface area contributed by atoms with Gasteiger partial charge in [-0.3, -0.25) is 4.79 Å². The number of hydrogen-bond donors (Lipinski definition) is 0. The van der Waals surface area contributed by atoms with Crippen LogP contribution in [0.5, 0.6) is 0 Å². The highest BCUT2D eigenvalue weighted by Gasteiger charge is 2.38. The van der Waals surface area contributed by atoms with E-state index in [0.717, 1.165) is 81.4 Å². The van der Waals surface area contributed by atoms with Crippen molar-refractivity contribution in [3.05, 3.63) is 21.9 Å². The summed E-state index contributed by atoms with van der Waals surface area (Å²) in [5, 5.41) is 0. The van der Waals surface area contributed by atoms with Crippen LogP contribution in [0.3, 0.4) is 0 Å². The maximum atomic E-state index is 14.2. The Balaban J connectivity index is 1.69. The van der Waals surface area contributed by atoms with Crippen LogP contribution in [0.25, 0.3) is 5.57 Å². The van der Waals surface area contributed by atoms with E-state index >= 15 is 0 Å². The fourth-order valence-electron chi connectivity index (χ4n) is 6.03. The molecule has 2 fully saturated rings. The van der Waals surface area contributed by atoms with Crippen molar-refractivity contribution in [2.24, 2.45) is 11.8 Å². The van der Waals surface area contributed by atoms with Crippen LogP contribution < -0.4 is 4.90 Å². The predicted octanol–water partition coefficient (Wildman–Crippen LogP) is 7.39. The molecule has 0 atom stereocenters. The van der Waals surface area contributed by atoms with Crippen molar-refractivity contribution in [2.45, 2.75) is 110 Å². The van der Waals surface area contributed by atoms with E-state index in [2.05, 4.69) is 19.1 Å². The first-order valence-electron chi connectivity index (χ1n) is 14.0. The van der Waals surface area contributed by atoms with Crippen LogP contribution >= 0.6 is 11.3 Å². The summed E-state index contributed by atoms with van der Waals surface area (Å²) in [6, 6.07) is 2.24. The number of thiophene rings is 1. The second-order valence-electron chi connectivity index (χ2n) is 10.6. The zero-order valence-electron chi connectivity index (χ0n) is 21.9. The summed E-state index contributed by atoms with van der Waals surface area (Å²) in [7, 11) is 0. The van der Waals surface area contributed by atoms with Crippen LogP contribution in [-0.2, 0) is 14.3 Å². The molecule has 0 spiro atoms. The second kappa shape index (κ2) is 12.5. The van der Waals surface area contributed by atoms with Crippen molar-refractivity contribution in [2.75, 3.05) is 18.1 Å². The maximum absolute atomic E-state index is 14.2. The summed E-state index contributed by atoms with van der Waals surface area (Å²) in [6.45, 7) is 7.24. The number of carbonyl (C=O) groups is 2. The van der Waals surface area contributed by atoms with E-state index in [1.165, 1.54) is 29.8 Å². The minimum atomic E-state index is -0.298. The molecule has 0 aromatic carbocycles. The normalized spacial score (nSPS) is 27.2. The minimum Gasteiger partial charge on any atom is -0.462 e. The Morgan fingerprint density at radius 2 is 1.74 bits per heavy atom. The van der Waals surface area contributed by atoms with Crippen LogP contribution in [0, 0.1) is 11.8 Å². The van der Waals surface area contributed by atoms with Gasteiger partial charge in [0.05, 0.1) is 18.4 Å². The summed E-state index contributed by atoms with van der Waals surface area (Å²) in [4.78, 5) is 31.1. The third-order valence-electron chi connectivity index (χ3n) is 8.05. The molecule has 0 radical (unpaired) electrons. The van der Waals surface area contributed by atoms with E-state index in [-0.39, 0.29) is 29.9 Å². The van der Waals surface area contributed by atoms with E-state index in [1.54, 1.807) is 0 Å². The summed E-state index contributed by atoms with van der Waals surface area (Å²) >= 11 is 1.52. The number of anilines is 1. The molecule has 194 valence electrons. The Bertz CT molecular complexity index is 890. The molecular formula is C29H43NO4S. The average molecular weight is 502 g/mol. The van der Waals surface area contributed by atoms with Gasteiger partial charge < -0.3 is 14.4 Å². The van der Waals surface area contributed by atoms with Crippen molar-refractivity contribution in [1.82, 2.24) is 0 Å². The summed E-state index contributed by atoms with van der Waals surface area (Å²) < 4.78 is 11.4. The number of esters is 1. The van der Waals surface area contributed by atoms with Crippen LogP contribution in [0.4, 0.5) is 5.69 Å². The zero-order chi connectivity index (χ0) is 24.8. The van der Waals surface area contributed by atoms with E-state index in [0.29, 0.717) is 17.4 Å². The number of nitrogens with zero attached hydrogens (tertiary/aromatic N) is 1. The van der Waals surface area contributed by atoms with Crippen molar-refractivity contribution in [1.29, 1.82) is 0 Å². The van der Waals surface area contributed by atoms with Gasteiger partial charge in [0.15, 0.2) is 0 Å². The highest BCUT2D eigenvalue weighted by molar-refractivity contribution is 7.15. The number of amides is 1. The molecule has 1 heterocycles. The molecule has 0 bridgehead atoms. The Morgan fingerprint density at radius 1 is 1.00 bits per heavy atom. The van der Waals surface area contributed by atoms with Crippen molar-refractivity contribution >= 4 is 34.5 Å². The lowest BCUT2D eigenvalue weighted by Gasteiger charge is -2.39. The smallest absolute Gasteiger partial charge is 0.350 e. The number of hydrogen-bond acceptors (Lipinski definition) is 5.